The number of hydrogen-bond donors (Lipinski definition) is 1. The molecule has 0 saturated carbocycles. The number of nitrogens with zero attached hydrogens (tertiary/aromatic N) is 5. The van der Waals surface area contributed by atoms with Gasteiger partial charge in [-0.25, -0.2) is 18.4 Å². The van der Waals surface area contributed by atoms with Crippen LogP contribution in [-0.2, 0) is 16.6 Å². The minimum absolute atomic E-state index is 0.223. The zero-order valence-corrected chi connectivity index (χ0v) is 17.5. The average molecular weight is 411 g/mol. The highest BCUT2D eigenvalue weighted by Crippen LogP contribution is 2.28. The van der Waals surface area contributed by atoms with Gasteiger partial charge in [-0.15, -0.1) is 0 Å². The zero-order valence-electron chi connectivity index (χ0n) is 16.7. The van der Waals surface area contributed by atoms with Gasteiger partial charge in [-0.2, -0.15) is 5.10 Å². The molecular formula is C20H22N6O2S. The molecule has 1 aromatic carbocycles. The third-order valence-electron chi connectivity index (χ3n) is 4.90. The number of aryl methyl sites for hydroxylation is 3. The molecule has 4 aromatic rings. The van der Waals surface area contributed by atoms with Crippen LogP contribution in [0.4, 0.5) is 5.69 Å². The van der Waals surface area contributed by atoms with Crippen LogP contribution in [-0.4, -0.2) is 32.6 Å². The molecule has 0 bridgehead atoms. The first-order valence-electron chi connectivity index (χ1n) is 9.27. The molecule has 0 unspecified atom stereocenters. The highest BCUT2D eigenvalue weighted by Gasteiger charge is 2.25. The second-order valence-corrected chi connectivity index (χ2v) is 8.52. The molecule has 8 nitrogen and oxygen atoms in total. The quantitative estimate of drug-likeness (QED) is 0.545. The molecule has 0 aliphatic heterocycles. The second kappa shape index (κ2) is 7.00. The SMILES string of the molecule is CCn1nc(C)c(S(=O)(=O)Nc2cc(-c3cn4cccnc4n3)ccc2C)c1C. The highest BCUT2D eigenvalue weighted by atomic mass is 32.2. The van der Waals surface area contributed by atoms with E-state index in [9.17, 15) is 8.42 Å². The summed E-state index contributed by atoms with van der Waals surface area (Å²) in [6.45, 7) is 7.88. The van der Waals surface area contributed by atoms with Gasteiger partial charge in [0.15, 0.2) is 0 Å². The van der Waals surface area contributed by atoms with Crippen LogP contribution in [0.15, 0.2) is 47.8 Å². The lowest BCUT2D eigenvalue weighted by atomic mass is 10.1. The number of sulfonamides is 1. The number of aromatic nitrogens is 5. The maximum atomic E-state index is 13.1. The summed E-state index contributed by atoms with van der Waals surface area (Å²) in [6, 6.07) is 7.41. The fraction of sp³-hybridized carbons (Fsp3) is 0.250. The van der Waals surface area contributed by atoms with Crippen LogP contribution >= 0.6 is 0 Å². The summed E-state index contributed by atoms with van der Waals surface area (Å²) in [4.78, 5) is 8.96. The van der Waals surface area contributed by atoms with E-state index in [0.717, 1.165) is 16.8 Å². The smallest absolute Gasteiger partial charge is 0.265 e. The standard InChI is InChI=1S/C20H22N6O2S/c1-5-26-15(4)19(14(3)23-26)29(27,28)24-17-11-16(8-7-13(17)2)18-12-25-10-6-9-21-20(25)22-18/h6-12,24H,5H2,1-4H3. The van der Waals surface area contributed by atoms with Gasteiger partial charge in [0.2, 0.25) is 5.78 Å². The van der Waals surface area contributed by atoms with Crippen molar-refractivity contribution in [3.8, 4) is 11.3 Å². The van der Waals surface area contributed by atoms with E-state index in [1.54, 1.807) is 30.8 Å². The first-order chi connectivity index (χ1) is 13.8. The fourth-order valence-electron chi connectivity index (χ4n) is 3.43. The van der Waals surface area contributed by atoms with Crippen molar-refractivity contribution in [2.75, 3.05) is 4.72 Å². The molecular weight excluding hydrogens is 388 g/mol. The summed E-state index contributed by atoms with van der Waals surface area (Å²) in [7, 11) is -3.78. The molecule has 9 heteroatoms. The first-order valence-corrected chi connectivity index (χ1v) is 10.8. The summed E-state index contributed by atoms with van der Waals surface area (Å²) in [5, 5.41) is 4.33. The van der Waals surface area contributed by atoms with Gasteiger partial charge in [0.1, 0.15) is 4.90 Å². The van der Waals surface area contributed by atoms with Crippen LogP contribution in [0.5, 0.6) is 0 Å². The summed E-state index contributed by atoms with van der Waals surface area (Å²) in [5.74, 6) is 0.587. The molecule has 0 saturated heterocycles. The van der Waals surface area contributed by atoms with E-state index in [1.165, 1.54) is 0 Å². The van der Waals surface area contributed by atoms with Crippen LogP contribution < -0.4 is 4.72 Å². The van der Waals surface area contributed by atoms with Gasteiger partial charge in [-0.1, -0.05) is 12.1 Å². The maximum Gasteiger partial charge on any atom is 0.265 e. The van der Waals surface area contributed by atoms with Crippen LogP contribution in [0.2, 0.25) is 0 Å². The summed E-state index contributed by atoms with van der Waals surface area (Å²) in [6.07, 6.45) is 5.42. The number of fused-ring (bicyclic) bond motifs is 1. The van der Waals surface area contributed by atoms with Gasteiger partial charge in [0, 0.05) is 30.7 Å². The van der Waals surface area contributed by atoms with Crippen molar-refractivity contribution in [1.82, 2.24) is 24.1 Å². The molecule has 1 N–H and O–H groups in total. The largest absolute Gasteiger partial charge is 0.291 e. The second-order valence-electron chi connectivity index (χ2n) is 6.90. The number of hydrogen-bond acceptors (Lipinski definition) is 5. The molecule has 0 aliphatic carbocycles. The third kappa shape index (κ3) is 3.38. The Labute approximate surface area is 169 Å². The summed E-state index contributed by atoms with van der Waals surface area (Å²) < 4.78 is 32.5. The number of rotatable bonds is 5. The molecule has 0 fully saturated rings. The lowest BCUT2D eigenvalue weighted by molar-refractivity contribution is 0.598. The van der Waals surface area contributed by atoms with Crippen molar-refractivity contribution >= 4 is 21.5 Å². The normalized spacial score (nSPS) is 11.9. The third-order valence-corrected chi connectivity index (χ3v) is 6.51. The number of nitrogens with one attached hydrogen (secondary N) is 1. The Morgan fingerprint density at radius 3 is 2.66 bits per heavy atom. The van der Waals surface area contributed by atoms with Gasteiger partial charge in [-0.3, -0.25) is 13.8 Å². The molecule has 0 radical (unpaired) electrons. The predicted molar refractivity (Wildman–Crippen MR) is 111 cm³/mol. The molecule has 3 aromatic heterocycles. The van der Waals surface area contributed by atoms with E-state index in [0.29, 0.717) is 29.4 Å². The minimum Gasteiger partial charge on any atom is -0.291 e. The molecule has 0 aliphatic rings. The van der Waals surface area contributed by atoms with E-state index in [-0.39, 0.29) is 4.90 Å². The topological polar surface area (TPSA) is 94.2 Å². The predicted octanol–water partition coefficient (Wildman–Crippen LogP) is 3.34. The molecule has 0 amide bonds. The monoisotopic (exact) mass is 410 g/mol. The molecule has 3 heterocycles. The molecule has 4 rings (SSSR count). The number of benzene rings is 1. The number of imidazole rings is 1. The summed E-state index contributed by atoms with van der Waals surface area (Å²) >= 11 is 0. The summed E-state index contributed by atoms with van der Waals surface area (Å²) in [5.41, 5.74) is 3.95. The van der Waals surface area contributed by atoms with Crippen molar-refractivity contribution in [2.24, 2.45) is 0 Å². The van der Waals surface area contributed by atoms with E-state index in [4.69, 9.17) is 0 Å². The van der Waals surface area contributed by atoms with Crippen LogP contribution in [0, 0.1) is 20.8 Å². The zero-order chi connectivity index (χ0) is 20.8. The van der Waals surface area contributed by atoms with Gasteiger partial charge in [-0.05, 0) is 45.4 Å². The van der Waals surface area contributed by atoms with Gasteiger partial charge >= 0.3 is 0 Å². The van der Waals surface area contributed by atoms with Crippen molar-refractivity contribution < 1.29 is 8.42 Å². The first kappa shape index (κ1) is 19.1. The van der Waals surface area contributed by atoms with Crippen molar-refractivity contribution in [3.05, 3.63) is 59.8 Å². The van der Waals surface area contributed by atoms with E-state index in [2.05, 4.69) is 19.8 Å². The Balaban J connectivity index is 1.74. The van der Waals surface area contributed by atoms with Gasteiger partial charge < -0.3 is 0 Å². The Bertz CT molecular complexity index is 1290. The van der Waals surface area contributed by atoms with E-state index < -0.39 is 10.0 Å². The van der Waals surface area contributed by atoms with E-state index >= 15 is 0 Å². The number of anilines is 1. The van der Waals surface area contributed by atoms with Gasteiger partial charge in [0.05, 0.1) is 22.8 Å². The van der Waals surface area contributed by atoms with Crippen LogP contribution in [0.1, 0.15) is 23.9 Å². The van der Waals surface area contributed by atoms with Crippen molar-refractivity contribution in [3.63, 3.8) is 0 Å². The molecule has 0 atom stereocenters. The molecule has 0 spiro atoms. The fourth-order valence-corrected chi connectivity index (χ4v) is 4.97. The molecule has 150 valence electrons. The van der Waals surface area contributed by atoms with Crippen molar-refractivity contribution in [2.45, 2.75) is 39.1 Å². The Hall–Kier alpha value is -3.20. The van der Waals surface area contributed by atoms with Crippen LogP contribution in [0.25, 0.3) is 17.0 Å². The van der Waals surface area contributed by atoms with Gasteiger partial charge in [0.25, 0.3) is 10.0 Å². The van der Waals surface area contributed by atoms with Crippen LogP contribution in [0.3, 0.4) is 0 Å². The highest BCUT2D eigenvalue weighted by molar-refractivity contribution is 7.92. The molecule has 29 heavy (non-hydrogen) atoms. The van der Waals surface area contributed by atoms with Crippen molar-refractivity contribution in [1.29, 1.82) is 0 Å². The van der Waals surface area contributed by atoms with E-state index in [1.807, 2.05) is 48.8 Å². The Morgan fingerprint density at radius 2 is 1.97 bits per heavy atom. The Kier molecular flexibility index (Phi) is 4.62. The lowest BCUT2D eigenvalue weighted by Gasteiger charge is -2.12. The lowest BCUT2D eigenvalue weighted by Crippen LogP contribution is -2.16. The Morgan fingerprint density at radius 1 is 1.17 bits per heavy atom. The maximum absolute atomic E-state index is 13.1. The average Bonchev–Trinajstić information content (AvgIpc) is 3.23. The minimum atomic E-state index is -3.78.